The van der Waals surface area contributed by atoms with Crippen LogP contribution in [0.1, 0.15) is 6.92 Å². The van der Waals surface area contributed by atoms with E-state index in [1.807, 2.05) is 0 Å². The van der Waals surface area contributed by atoms with Crippen molar-refractivity contribution in [2.24, 2.45) is 0 Å². The summed E-state index contributed by atoms with van der Waals surface area (Å²) < 4.78 is 27.3. The first-order valence-electron chi connectivity index (χ1n) is 10.3. The molecule has 14 heteroatoms. The van der Waals surface area contributed by atoms with Crippen molar-refractivity contribution < 1.29 is 69.6 Å². The molecule has 0 amide bonds. The summed E-state index contributed by atoms with van der Waals surface area (Å²) in [5.74, 6) is 0. The first-order chi connectivity index (χ1) is 15.1. The van der Waals surface area contributed by atoms with Crippen molar-refractivity contribution >= 4 is 0 Å². The highest BCUT2D eigenvalue weighted by Crippen LogP contribution is 2.30. The van der Waals surface area contributed by atoms with Crippen LogP contribution in [0.3, 0.4) is 0 Å². The zero-order chi connectivity index (χ0) is 23.7. The molecule has 0 radical (unpaired) electrons. The Bertz CT molecular complexity index is 594. The summed E-state index contributed by atoms with van der Waals surface area (Å²) in [6, 6.07) is 0. The maximum Gasteiger partial charge on any atom is 0.187 e. The van der Waals surface area contributed by atoms with Crippen molar-refractivity contribution in [2.45, 2.75) is 92.8 Å². The summed E-state index contributed by atoms with van der Waals surface area (Å²) in [5.41, 5.74) is 0. The van der Waals surface area contributed by atoms with Crippen LogP contribution in [0.25, 0.3) is 0 Å². The number of aliphatic hydroxyl groups excluding tert-OH is 9. The number of hydrogen-bond donors (Lipinski definition) is 9. The molecule has 0 aliphatic carbocycles. The van der Waals surface area contributed by atoms with Crippen molar-refractivity contribution in [2.75, 3.05) is 19.8 Å². The maximum absolute atomic E-state index is 10.6. The van der Waals surface area contributed by atoms with Gasteiger partial charge < -0.3 is 69.6 Å². The summed E-state index contributed by atoms with van der Waals surface area (Å²) in [6.45, 7) is -0.108. The van der Waals surface area contributed by atoms with Gasteiger partial charge in [0.15, 0.2) is 12.6 Å². The Morgan fingerprint density at radius 3 is 1.81 bits per heavy atom. The van der Waals surface area contributed by atoms with Crippen molar-refractivity contribution in [3.8, 4) is 0 Å². The van der Waals surface area contributed by atoms with Crippen LogP contribution in [0.4, 0.5) is 0 Å². The van der Waals surface area contributed by atoms with Crippen LogP contribution in [0.2, 0.25) is 0 Å². The Morgan fingerprint density at radius 2 is 1.22 bits per heavy atom. The molecule has 3 heterocycles. The average Bonchev–Trinajstić information content (AvgIpc) is 2.78. The normalized spacial score (nSPS) is 52.7. The Morgan fingerprint density at radius 1 is 0.656 bits per heavy atom. The largest absolute Gasteiger partial charge is 0.394 e. The molecule has 3 fully saturated rings. The van der Waals surface area contributed by atoms with Crippen LogP contribution < -0.4 is 0 Å². The van der Waals surface area contributed by atoms with Crippen LogP contribution in [0.15, 0.2) is 0 Å². The second kappa shape index (κ2) is 10.8. The Balaban J connectivity index is 1.76. The molecule has 0 aromatic heterocycles. The van der Waals surface area contributed by atoms with Crippen molar-refractivity contribution in [3.05, 3.63) is 0 Å². The predicted molar refractivity (Wildman–Crippen MR) is 98.7 cm³/mol. The van der Waals surface area contributed by atoms with Gasteiger partial charge in [-0.25, -0.2) is 0 Å². The molecule has 3 rings (SSSR count). The van der Waals surface area contributed by atoms with Gasteiger partial charge in [-0.3, -0.25) is 0 Å². The van der Waals surface area contributed by atoms with Gasteiger partial charge in [-0.1, -0.05) is 0 Å². The van der Waals surface area contributed by atoms with E-state index in [1.54, 1.807) is 0 Å². The summed E-state index contributed by atoms with van der Waals surface area (Å²) in [5, 5.41) is 89.5. The smallest absolute Gasteiger partial charge is 0.187 e. The van der Waals surface area contributed by atoms with Crippen molar-refractivity contribution in [1.29, 1.82) is 0 Å². The molecule has 0 bridgehead atoms. The van der Waals surface area contributed by atoms with E-state index in [0.717, 1.165) is 0 Å². The Hall–Kier alpha value is -0.560. The van der Waals surface area contributed by atoms with Gasteiger partial charge in [0.25, 0.3) is 0 Å². The molecule has 14 nitrogen and oxygen atoms in total. The highest BCUT2D eigenvalue weighted by atomic mass is 16.7. The molecular weight excluding hydrogens is 440 g/mol. The molecule has 0 unspecified atom stereocenters. The fraction of sp³-hybridized carbons (Fsp3) is 1.00. The second-order valence-corrected chi connectivity index (χ2v) is 8.20. The summed E-state index contributed by atoms with van der Waals surface area (Å²) in [6.07, 6.45) is -20.1. The van der Waals surface area contributed by atoms with Crippen LogP contribution in [0, 0.1) is 0 Å². The molecule has 32 heavy (non-hydrogen) atoms. The summed E-state index contributed by atoms with van der Waals surface area (Å²) >= 11 is 0. The van der Waals surface area contributed by atoms with E-state index in [1.165, 1.54) is 6.92 Å². The quantitative estimate of drug-likeness (QED) is 0.175. The van der Waals surface area contributed by atoms with E-state index >= 15 is 0 Å². The highest BCUT2D eigenvalue weighted by Gasteiger charge is 2.51. The lowest BCUT2D eigenvalue weighted by Crippen LogP contribution is -2.64. The topological polar surface area (TPSA) is 228 Å². The summed E-state index contributed by atoms with van der Waals surface area (Å²) in [4.78, 5) is 0. The van der Waals surface area contributed by atoms with Gasteiger partial charge in [0.05, 0.1) is 25.9 Å². The minimum absolute atomic E-state index is 0.274. The lowest BCUT2D eigenvalue weighted by Gasteiger charge is -2.46. The predicted octanol–water partition coefficient (Wildman–Crippen LogP) is -5.86. The molecule has 0 saturated carbocycles. The zero-order valence-electron chi connectivity index (χ0n) is 17.3. The van der Waals surface area contributed by atoms with E-state index in [-0.39, 0.29) is 6.61 Å². The molecule has 3 aliphatic heterocycles. The van der Waals surface area contributed by atoms with E-state index < -0.39 is 99.0 Å². The lowest BCUT2D eigenvalue weighted by atomic mass is 9.97. The molecular formula is C18H32O14. The van der Waals surface area contributed by atoms with Gasteiger partial charge >= 0.3 is 0 Å². The minimum Gasteiger partial charge on any atom is -0.394 e. The van der Waals surface area contributed by atoms with Gasteiger partial charge in [-0.2, -0.15) is 0 Å². The van der Waals surface area contributed by atoms with Crippen LogP contribution in [0.5, 0.6) is 0 Å². The second-order valence-electron chi connectivity index (χ2n) is 8.20. The first kappa shape index (κ1) is 26.1. The van der Waals surface area contributed by atoms with Crippen LogP contribution in [-0.4, -0.2) is 152 Å². The monoisotopic (exact) mass is 472 g/mol. The maximum atomic E-state index is 10.6. The van der Waals surface area contributed by atoms with Crippen molar-refractivity contribution in [3.63, 3.8) is 0 Å². The number of rotatable bonds is 6. The fourth-order valence-electron chi connectivity index (χ4n) is 3.92. The van der Waals surface area contributed by atoms with E-state index in [0.29, 0.717) is 0 Å². The molecule has 9 N–H and O–H groups in total. The molecule has 0 aromatic rings. The van der Waals surface area contributed by atoms with Crippen LogP contribution >= 0.6 is 0 Å². The first-order valence-corrected chi connectivity index (χ1v) is 10.3. The molecule has 0 spiro atoms. The zero-order valence-corrected chi connectivity index (χ0v) is 17.3. The molecule has 3 aliphatic rings. The highest BCUT2D eigenvalue weighted by molar-refractivity contribution is 4.94. The molecule has 0 aromatic carbocycles. The third kappa shape index (κ3) is 5.08. The number of hydrogen-bond acceptors (Lipinski definition) is 14. The third-order valence-electron chi connectivity index (χ3n) is 6.00. The molecule has 3 saturated heterocycles. The van der Waals surface area contributed by atoms with Gasteiger partial charge in [-0.05, 0) is 6.92 Å². The van der Waals surface area contributed by atoms with Crippen molar-refractivity contribution in [1.82, 2.24) is 0 Å². The standard InChI is InChI=1S/C18H32O14/c1-5-9(21)12(24)14(26)17(29-5)31-8-4-28-6(2-19)11(23)16(8)32-18-15(27)13(25)10(22)7(3-20)30-18/h5-27H,2-4H2,1H3/t5-,6+,7+,8+,9-,10+,11+,12+,13-,14+,15+,16+,17-,18-/m0/s1. The lowest BCUT2D eigenvalue weighted by molar-refractivity contribution is -0.360. The number of aliphatic hydroxyl groups is 9. The summed E-state index contributed by atoms with van der Waals surface area (Å²) in [7, 11) is 0. The van der Waals surface area contributed by atoms with E-state index in [2.05, 4.69) is 0 Å². The fourth-order valence-corrected chi connectivity index (χ4v) is 3.92. The SMILES string of the molecule is C[C@@H]1O[C@@H](O[C@@H]2CO[C@H](CO)[C@@H](O)[C@@H]2O[C@@H]2O[C@H](CO)[C@@H](O)[C@H](O)[C@H]2O)[C@H](O)[C@H](O)[C@H]1O. The van der Waals surface area contributed by atoms with E-state index in [4.69, 9.17) is 23.7 Å². The Kier molecular flexibility index (Phi) is 8.79. The minimum atomic E-state index is -1.76. The van der Waals surface area contributed by atoms with E-state index in [9.17, 15) is 46.0 Å². The average molecular weight is 472 g/mol. The van der Waals surface area contributed by atoms with Gasteiger partial charge in [0.2, 0.25) is 0 Å². The van der Waals surface area contributed by atoms with Crippen LogP contribution in [-0.2, 0) is 23.7 Å². The molecule has 188 valence electrons. The third-order valence-corrected chi connectivity index (χ3v) is 6.00. The van der Waals surface area contributed by atoms with Gasteiger partial charge in [0, 0.05) is 0 Å². The Labute approximate surface area is 183 Å². The van der Waals surface area contributed by atoms with Gasteiger partial charge in [0.1, 0.15) is 67.1 Å². The molecule has 14 atom stereocenters. The number of ether oxygens (including phenoxy) is 5. The van der Waals surface area contributed by atoms with Gasteiger partial charge in [-0.15, -0.1) is 0 Å².